The van der Waals surface area contributed by atoms with Gasteiger partial charge in [0.2, 0.25) is 5.88 Å². The van der Waals surface area contributed by atoms with Crippen LogP contribution in [0.1, 0.15) is 37.2 Å². The molecule has 138 valence electrons. The molecule has 0 amide bonds. The van der Waals surface area contributed by atoms with E-state index < -0.39 is 0 Å². The Kier molecular flexibility index (Phi) is 5.18. The Bertz CT molecular complexity index is 709. The number of piperidine rings is 1. The Morgan fingerprint density at radius 3 is 2.69 bits per heavy atom. The van der Waals surface area contributed by atoms with Gasteiger partial charge in [-0.1, -0.05) is 18.2 Å². The molecule has 2 N–H and O–H groups in total. The lowest BCUT2D eigenvalue weighted by Crippen LogP contribution is -2.51. The summed E-state index contributed by atoms with van der Waals surface area (Å²) in [4.78, 5) is 6.82. The van der Waals surface area contributed by atoms with Gasteiger partial charge in [-0.2, -0.15) is 0 Å². The van der Waals surface area contributed by atoms with E-state index in [0.29, 0.717) is 17.8 Å². The van der Waals surface area contributed by atoms with Crippen molar-refractivity contribution in [3.8, 4) is 5.88 Å². The molecule has 2 heterocycles. The highest BCUT2D eigenvalue weighted by Crippen LogP contribution is 2.39. The number of pyridine rings is 1. The van der Waals surface area contributed by atoms with Crippen LogP contribution in [0, 0.1) is 5.82 Å². The summed E-state index contributed by atoms with van der Waals surface area (Å²) in [5.74, 6) is 0.850. The van der Waals surface area contributed by atoms with Crippen molar-refractivity contribution in [2.45, 2.75) is 49.8 Å². The third kappa shape index (κ3) is 3.89. The number of ether oxygens (including phenoxy) is 1. The number of nitrogens with two attached hydrogens (primary N) is 1. The zero-order chi connectivity index (χ0) is 17.9. The largest absolute Gasteiger partial charge is 0.473 e. The summed E-state index contributed by atoms with van der Waals surface area (Å²) < 4.78 is 19.6. The third-order valence-electron chi connectivity index (χ3n) is 5.68. The number of halogens is 1. The molecule has 1 saturated heterocycles. The van der Waals surface area contributed by atoms with Gasteiger partial charge in [-0.15, -0.1) is 0 Å². The fourth-order valence-corrected chi connectivity index (χ4v) is 4.41. The second-order valence-electron chi connectivity index (χ2n) is 7.51. The minimum absolute atomic E-state index is 0.0743. The summed E-state index contributed by atoms with van der Waals surface area (Å²) in [6.07, 6.45) is 5.98. The highest BCUT2D eigenvalue weighted by atomic mass is 19.1. The second-order valence-corrected chi connectivity index (χ2v) is 7.51. The first-order valence-corrected chi connectivity index (χ1v) is 9.52. The highest BCUT2D eigenvalue weighted by molar-refractivity contribution is 5.23. The molecule has 0 spiro atoms. The van der Waals surface area contributed by atoms with Crippen molar-refractivity contribution < 1.29 is 9.13 Å². The fraction of sp³-hybridized carbons (Fsp3) is 0.476. The van der Waals surface area contributed by atoms with E-state index in [1.807, 2.05) is 30.3 Å². The predicted octanol–water partition coefficient (Wildman–Crippen LogP) is 3.34. The van der Waals surface area contributed by atoms with Crippen molar-refractivity contribution in [3.63, 3.8) is 0 Å². The molecule has 1 saturated carbocycles. The lowest BCUT2D eigenvalue weighted by Gasteiger charge is -2.37. The van der Waals surface area contributed by atoms with Crippen LogP contribution >= 0.6 is 0 Å². The molecule has 26 heavy (non-hydrogen) atoms. The summed E-state index contributed by atoms with van der Waals surface area (Å²) in [7, 11) is 0. The number of hydrogen-bond donors (Lipinski definition) is 1. The number of benzene rings is 1. The number of nitrogens with zero attached hydrogens (tertiary/aromatic N) is 2. The van der Waals surface area contributed by atoms with E-state index >= 15 is 0 Å². The van der Waals surface area contributed by atoms with Crippen molar-refractivity contribution in [3.05, 3.63) is 60.0 Å². The predicted molar refractivity (Wildman–Crippen MR) is 99.6 cm³/mol. The molecule has 0 bridgehead atoms. The average Bonchev–Trinajstić information content (AvgIpc) is 3.07. The lowest BCUT2D eigenvalue weighted by atomic mass is 9.97. The van der Waals surface area contributed by atoms with Crippen molar-refractivity contribution >= 4 is 0 Å². The van der Waals surface area contributed by atoms with E-state index in [2.05, 4.69) is 9.88 Å². The summed E-state index contributed by atoms with van der Waals surface area (Å²) in [5.41, 5.74) is 7.40. The van der Waals surface area contributed by atoms with E-state index in [0.717, 1.165) is 38.8 Å². The third-order valence-corrected chi connectivity index (χ3v) is 5.68. The maximum Gasteiger partial charge on any atom is 0.213 e. The molecule has 1 aromatic heterocycles. The van der Waals surface area contributed by atoms with Crippen LogP contribution in [0.4, 0.5) is 4.39 Å². The maximum atomic E-state index is 13.3. The molecular weight excluding hydrogens is 329 g/mol. The van der Waals surface area contributed by atoms with Gasteiger partial charge in [-0.25, -0.2) is 9.37 Å². The van der Waals surface area contributed by atoms with Crippen LogP contribution < -0.4 is 10.5 Å². The highest BCUT2D eigenvalue weighted by Gasteiger charge is 2.41. The minimum Gasteiger partial charge on any atom is -0.473 e. The standard InChI is InChI=1S/C21H26FN3O/c22-17-8-6-15(7-9-17)16-12-19(25-11-3-4-18(23)14-25)20(13-16)26-21-5-1-2-10-24-21/h1-2,5-10,16,18-20H,3-4,11-14,23H2. The zero-order valence-corrected chi connectivity index (χ0v) is 14.9. The van der Waals surface area contributed by atoms with E-state index in [9.17, 15) is 4.39 Å². The number of rotatable bonds is 4. The van der Waals surface area contributed by atoms with Gasteiger partial charge in [-0.05, 0) is 61.9 Å². The van der Waals surface area contributed by atoms with Gasteiger partial charge >= 0.3 is 0 Å². The normalized spacial score (nSPS) is 29.6. The van der Waals surface area contributed by atoms with Crippen LogP contribution in [0.5, 0.6) is 5.88 Å². The van der Waals surface area contributed by atoms with Gasteiger partial charge in [0.05, 0.1) is 0 Å². The zero-order valence-electron chi connectivity index (χ0n) is 14.9. The van der Waals surface area contributed by atoms with Gasteiger partial charge in [0.15, 0.2) is 0 Å². The summed E-state index contributed by atoms with van der Waals surface area (Å²) in [6, 6.07) is 13.2. The topological polar surface area (TPSA) is 51.4 Å². The molecule has 2 aliphatic rings. The first-order valence-electron chi connectivity index (χ1n) is 9.52. The molecule has 4 atom stereocenters. The van der Waals surface area contributed by atoms with Crippen molar-refractivity contribution in [1.82, 2.24) is 9.88 Å². The molecule has 2 fully saturated rings. The second kappa shape index (κ2) is 7.72. The van der Waals surface area contributed by atoms with Gasteiger partial charge in [0, 0.05) is 30.9 Å². The van der Waals surface area contributed by atoms with Crippen LogP contribution in [0.25, 0.3) is 0 Å². The van der Waals surface area contributed by atoms with E-state index in [1.165, 1.54) is 5.56 Å². The van der Waals surface area contributed by atoms with Crippen molar-refractivity contribution in [1.29, 1.82) is 0 Å². The SMILES string of the molecule is NC1CCCN(C2CC(c3ccc(F)cc3)CC2Oc2ccccn2)C1. The average molecular weight is 355 g/mol. The van der Waals surface area contributed by atoms with Gasteiger partial charge < -0.3 is 10.5 Å². The maximum absolute atomic E-state index is 13.3. The first kappa shape index (κ1) is 17.4. The Morgan fingerprint density at radius 2 is 1.96 bits per heavy atom. The molecule has 5 heteroatoms. The van der Waals surface area contributed by atoms with Crippen LogP contribution in [0.3, 0.4) is 0 Å². The van der Waals surface area contributed by atoms with Gasteiger partial charge in [-0.3, -0.25) is 4.90 Å². The summed E-state index contributed by atoms with van der Waals surface area (Å²) in [6.45, 7) is 1.99. The quantitative estimate of drug-likeness (QED) is 0.914. The van der Waals surface area contributed by atoms with Crippen LogP contribution in [-0.4, -0.2) is 41.2 Å². The molecule has 4 unspecified atom stereocenters. The summed E-state index contributed by atoms with van der Waals surface area (Å²) in [5, 5.41) is 0. The van der Waals surface area contributed by atoms with Gasteiger partial charge in [0.25, 0.3) is 0 Å². The number of hydrogen-bond acceptors (Lipinski definition) is 4. The van der Waals surface area contributed by atoms with Crippen LogP contribution in [0.2, 0.25) is 0 Å². The molecule has 0 radical (unpaired) electrons. The molecule has 4 rings (SSSR count). The van der Waals surface area contributed by atoms with E-state index in [4.69, 9.17) is 10.5 Å². The molecule has 1 aromatic carbocycles. The molecule has 1 aliphatic heterocycles. The lowest BCUT2D eigenvalue weighted by molar-refractivity contribution is 0.0656. The first-order chi connectivity index (χ1) is 12.7. The molecular formula is C21H26FN3O. The van der Waals surface area contributed by atoms with Gasteiger partial charge in [0.1, 0.15) is 11.9 Å². The Morgan fingerprint density at radius 1 is 1.12 bits per heavy atom. The summed E-state index contributed by atoms with van der Waals surface area (Å²) >= 11 is 0. The van der Waals surface area contributed by atoms with Crippen molar-refractivity contribution in [2.75, 3.05) is 13.1 Å². The minimum atomic E-state index is -0.188. The Balaban J connectivity index is 1.54. The van der Waals surface area contributed by atoms with Crippen LogP contribution in [-0.2, 0) is 0 Å². The Hall–Kier alpha value is -1.98. The number of likely N-dealkylation sites (tertiary alicyclic amines) is 1. The smallest absolute Gasteiger partial charge is 0.213 e. The van der Waals surface area contributed by atoms with E-state index in [-0.39, 0.29) is 18.0 Å². The van der Waals surface area contributed by atoms with Crippen LogP contribution in [0.15, 0.2) is 48.7 Å². The number of aromatic nitrogens is 1. The fourth-order valence-electron chi connectivity index (χ4n) is 4.41. The molecule has 1 aliphatic carbocycles. The Labute approximate surface area is 154 Å². The van der Waals surface area contributed by atoms with Crippen molar-refractivity contribution in [2.24, 2.45) is 5.73 Å². The molecule has 2 aromatic rings. The van der Waals surface area contributed by atoms with E-state index in [1.54, 1.807) is 18.3 Å². The monoisotopic (exact) mass is 355 g/mol. The molecule has 4 nitrogen and oxygen atoms in total.